The number of amides is 1. The Bertz CT molecular complexity index is 598. The van der Waals surface area contributed by atoms with Crippen molar-refractivity contribution >= 4 is 15.9 Å². The summed E-state index contributed by atoms with van der Waals surface area (Å²) in [6.45, 7) is 7.15. The molecule has 24 heavy (non-hydrogen) atoms. The summed E-state index contributed by atoms with van der Waals surface area (Å²) >= 11 is 0. The van der Waals surface area contributed by atoms with Crippen LogP contribution in [0.2, 0.25) is 0 Å². The number of carbonyl (C=O) groups excluding carboxylic acids is 1. The van der Waals surface area contributed by atoms with Crippen molar-refractivity contribution < 1.29 is 17.9 Å². The monoisotopic (exact) mass is 356 g/mol. The maximum atomic E-state index is 12.0. The van der Waals surface area contributed by atoms with Gasteiger partial charge in [-0.25, -0.2) is 13.1 Å². The molecule has 136 valence electrons. The highest BCUT2D eigenvalue weighted by Crippen LogP contribution is 2.15. The van der Waals surface area contributed by atoms with Gasteiger partial charge in [0.1, 0.15) is 5.75 Å². The van der Waals surface area contributed by atoms with E-state index < -0.39 is 10.0 Å². The fourth-order valence-corrected chi connectivity index (χ4v) is 2.96. The van der Waals surface area contributed by atoms with Crippen LogP contribution >= 0.6 is 0 Å². The highest BCUT2D eigenvalue weighted by Gasteiger charge is 2.13. The molecule has 2 N–H and O–H groups in total. The van der Waals surface area contributed by atoms with Gasteiger partial charge in [0.15, 0.2) is 6.61 Å². The smallest absolute Gasteiger partial charge is 0.257 e. The van der Waals surface area contributed by atoms with Gasteiger partial charge in [0.2, 0.25) is 10.0 Å². The summed E-state index contributed by atoms with van der Waals surface area (Å²) in [5.74, 6) is 0.807. The number of sulfonamides is 1. The van der Waals surface area contributed by atoms with Crippen molar-refractivity contribution in [3.63, 3.8) is 0 Å². The van der Waals surface area contributed by atoms with Crippen molar-refractivity contribution in [3.05, 3.63) is 24.3 Å². The zero-order valence-corrected chi connectivity index (χ0v) is 15.5. The number of benzene rings is 1. The lowest BCUT2D eigenvalue weighted by Crippen LogP contribution is -2.30. The largest absolute Gasteiger partial charge is 0.484 e. The average molecular weight is 356 g/mol. The Kier molecular flexibility index (Phi) is 8.78. The SMILES string of the molecule is CCCCNS(=O)(=O)c1ccc(OCC(=O)NCCC(C)C)cc1. The second-order valence-electron chi connectivity index (χ2n) is 6.04. The van der Waals surface area contributed by atoms with Crippen LogP contribution in [-0.2, 0) is 14.8 Å². The lowest BCUT2D eigenvalue weighted by molar-refractivity contribution is -0.123. The zero-order valence-electron chi connectivity index (χ0n) is 14.7. The molecular formula is C17H28N2O4S. The second kappa shape index (κ2) is 10.3. The van der Waals surface area contributed by atoms with Gasteiger partial charge >= 0.3 is 0 Å². The van der Waals surface area contributed by atoms with Crippen LogP contribution in [-0.4, -0.2) is 34.0 Å². The van der Waals surface area contributed by atoms with Crippen LogP contribution in [0, 0.1) is 5.92 Å². The van der Waals surface area contributed by atoms with Crippen LogP contribution in [0.1, 0.15) is 40.0 Å². The Balaban J connectivity index is 2.45. The van der Waals surface area contributed by atoms with E-state index in [-0.39, 0.29) is 17.4 Å². The van der Waals surface area contributed by atoms with Gasteiger partial charge in [-0.1, -0.05) is 27.2 Å². The molecule has 0 bridgehead atoms. The molecule has 0 unspecified atom stereocenters. The standard InChI is InChI=1S/C17H28N2O4S/c1-4-5-11-19-24(21,22)16-8-6-15(7-9-16)23-13-17(20)18-12-10-14(2)3/h6-9,14,19H,4-5,10-13H2,1-3H3,(H,18,20). The van der Waals surface area contributed by atoms with E-state index in [1.807, 2.05) is 6.92 Å². The van der Waals surface area contributed by atoms with E-state index >= 15 is 0 Å². The maximum Gasteiger partial charge on any atom is 0.257 e. The maximum absolute atomic E-state index is 12.0. The number of hydrogen-bond acceptors (Lipinski definition) is 4. The first-order valence-corrected chi connectivity index (χ1v) is 9.82. The highest BCUT2D eigenvalue weighted by atomic mass is 32.2. The van der Waals surface area contributed by atoms with Crippen LogP contribution in [0.5, 0.6) is 5.75 Å². The van der Waals surface area contributed by atoms with Crippen molar-refractivity contribution in [1.29, 1.82) is 0 Å². The zero-order chi connectivity index (χ0) is 18.0. The second-order valence-corrected chi connectivity index (χ2v) is 7.81. The lowest BCUT2D eigenvalue weighted by Gasteiger charge is -2.10. The highest BCUT2D eigenvalue weighted by molar-refractivity contribution is 7.89. The normalized spacial score (nSPS) is 11.5. The Morgan fingerprint density at radius 1 is 1.17 bits per heavy atom. The number of hydrogen-bond donors (Lipinski definition) is 2. The molecule has 0 atom stereocenters. The van der Waals surface area contributed by atoms with Crippen molar-refractivity contribution in [2.75, 3.05) is 19.7 Å². The van der Waals surface area contributed by atoms with Gasteiger partial charge in [0.05, 0.1) is 4.90 Å². The first-order chi connectivity index (χ1) is 11.3. The van der Waals surface area contributed by atoms with Crippen LogP contribution < -0.4 is 14.8 Å². The van der Waals surface area contributed by atoms with Crippen molar-refractivity contribution in [1.82, 2.24) is 10.0 Å². The van der Waals surface area contributed by atoms with Crippen molar-refractivity contribution in [3.8, 4) is 5.75 Å². The van der Waals surface area contributed by atoms with Crippen LogP contribution in [0.4, 0.5) is 0 Å². The first-order valence-electron chi connectivity index (χ1n) is 8.34. The molecule has 0 saturated heterocycles. The third kappa shape index (κ3) is 7.79. The third-order valence-electron chi connectivity index (χ3n) is 3.37. The molecule has 1 aromatic rings. The fraction of sp³-hybridized carbons (Fsp3) is 0.588. The summed E-state index contributed by atoms with van der Waals surface area (Å²) in [4.78, 5) is 11.8. The fourth-order valence-electron chi connectivity index (χ4n) is 1.88. The van der Waals surface area contributed by atoms with E-state index in [4.69, 9.17) is 4.74 Å². The molecule has 1 aromatic carbocycles. The Labute approximate surface area is 145 Å². The van der Waals surface area contributed by atoms with Crippen molar-refractivity contribution in [2.45, 2.75) is 44.9 Å². The number of ether oxygens (including phenoxy) is 1. The minimum Gasteiger partial charge on any atom is -0.484 e. The molecule has 0 aliphatic heterocycles. The van der Waals surface area contributed by atoms with E-state index in [9.17, 15) is 13.2 Å². The summed E-state index contributed by atoms with van der Waals surface area (Å²) in [6.07, 6.45) is 2.64. The van der Waals surface area contributed by atoms with Gasteiger partial charge in [-0.3, -0.25) is 4.79 Å². The molecule has 0 fully saturated rings. The van der Waals surface area contributed by atoms with E-state index in [0.29, 0.717) is 24.8 Å². The van der Waals surface area contributed by atoms with E-state index in [1.54, 1.807) is 12.1 Å². The summed E-state index contributed by atoms with van der Waals surface area (Å²) < 4.78 is 32.0. The summed E-state index contributed by atoms with van der Waals surface area (Å²) in [5.41, 5.74) is 0. The van der Waals surface area contributed by atoms with Gasteiger partial charge in [-0.15, -0.1) is 0 Å². The number of nitrogens with one attached hydrogen (secondary N) is 2. The average Bonchev–Trinajstić information content (AvgIpc) is 2.53. The minimum atomic E-state index is -3.49. The van der Waals surface area contributed by atoms with Gasteiger partial charge < -0.3 is 10.1 Å². The first kappa shape index (κ1) is 20.4. The molecule has 0 saturated carbocycles. The Morgan fingerprint density at radius 3 is 2.42 bits per heavy atom. The lowest BCUT2D eigenvalue weighted by atomic mass is 10.1. The summed E-state index contributed by atoms with van der Waals surface area (Å²) in [5, 5.41) is 2.78. The molecule has 0 aromatic heterocycles. The predicted octanol–water partition coefficient (Wildman–Crippen LogP) is 2.31. The van der Waals surface area contributed by atoms with Crippen LogP contribution in [0.3, 0.4) is 0 Å². The van der Waals surface area contributed by atoms with Gasteiger partial charge in [-0.2, -0.15) is 0 Å². The summed E-state index contributed by atoms with van der Waals surface area (Å²) in [7, 11) is -3.49. The Morgan fingerprint density at radius 2 is 1.83 bits per heavy atom. The Hall–Kier alpha value is -1.60. The molecule has 1 amide bonds. The molecular weight excluding hydrogens is 328 g/mol. The van der Waals surface area contributed by atoms with Crippen LogP contribution in [0.15, 0.2) is 29.2 Å². The number of unbranched alkanes of at least 4 members (excludes halogenated alkanes) is 1. The third-order valence-corrected chi connectivity index (χ3v) is 4.85. The number of carbonyl (C=O) groups is 1. The van der Waals surface area contributed by atoms with E-state index in [1.165, 1.54) is 12.1 Å². The molecule has 7 heteroatoms. The van der Waals surface area contributed by atoms with Gasteiger partial charge in [0.25, 0.3) is 5.91 Å². The molecule has 1 rings (SSSR count). The number of rotatable bonds is 11. The van der Waals surface area contributed by atoms with E-state index in [2.05, 4.69) is 23.9 Å². The molecule has 0 aliphatic rings. The molecule has 0 radical (unpaired) electrons. The quantitative estimate of drug-likeness (QED) is 0.596. The molecule has 0 spiro atoms. The van der Waals surface area contributed by atoms with Gasteiger partial charge in [-0.05, 0) is 43.0 Å². The minimum absolute atomic E-state index is 0.0844. The van der Waals surface area contributed by atoms with Gasteiger partial charge in [0, 0.05) is 13.1 Å². The molecule has 0 aliphatic carbocycles. The summed E-state index contributed by atoms with van der Waals surface area (Å²) in [6, 6.07) is 6.05. The topological polar surface area (TPSA) is 84.5 Å². The predicted molar refractivity (Wildman–Crippen MR) is 94.5 cm³/mol. The van der Waals surface area contributed by atoms with Crippen LogP contribution in [0.25, 0.3) is 0 Å². The van der Waals surface area contributed by atoms with Crippen molar-refractivity contribution in [2.24, 2.45) is 5.92 Å². The van der Waals surface area contributed by atoms with E-state index in [0.717, 1.165) is 19.3 Å². The molecule has 0 heterocycles. The molecule has 6 nitrogen and oxygen atoms in total.